The molecule has 1 heterocycles. The van der Waals surface area contributed by atoms with Crippen LogP contribution in [0.2, 0.25) is 0 Å². The summed E-state index contributed by atoms with van der Waals surface area (Å²) in [6, 6.07) is -0.405. The third-order valence-electron chi connectivity index (χ3n) is 3.03. The predicted molar refractivity (Wildman–Crippen MR) is 58.5 cm³/mol. The molecule has 0 bridgehead atoms. The summed E-state index contributed by atoms with van der Waals surface area (Å²) >= 11 is 0. The molecule has 1 unspecified atom stereocenters. The molecule has 1 amide bonds. The molecule has 1 saturated heterocycles. The summed E-state index contributed by atoms with van der Waals surface area (Å²) in [5.74, 6) is -1.74. The van der Waals surface area contributed by atoms with Crippen LogP contribution >= 0.6 is 0 Å². The molecule has 1 N–H and O–H groups in total. The van der Waals surface area contributed by atoms with Crippen molar-refractivity contribution in [2.75, 3.05) is 13.1 Å². The minimum atomic E-state index is -4.79. The Labute approximate surface area is 99.4 Å². The number of carbonyl (C=O) groups is 1. The van der Waals surface area contributed by atoms with Gasteiger partial charge in [0.1, 0.15) is 0 Å². The number of hydrogen-bond donors (Lipinski definition) is 1. The molecular weight excluding hydrogens is 233 g/mol. The molecule has 1 atom stereocenters. The SMILES string of the molecule is CC(C)C1CNC(C)(C)CN1C(=O)C(F)(F)F. The van der Waals surface area contributed by atoms with Gasteiger partial charge in [0.25, 0.3) is 0 Å². The van der Waals surface area contributed by atoms with Gasteiger partial charge in [-0.15, -0.1) is 0 Å². The van der Waals surface area contributed by atoms with E-state index in [2.05, 4.69) is 5.32 Å². The highest BCUT2D eigenvalue weighted by Gasteiger charge is 2.48. The van der Waals surface area contributed by atoms with Crippen molar-refractivity contribution >= 4 is 5.91 Å². The van der Waals surface area contributed by atoms with Crippen molar-refractivity contribution in [2.24, 2.45) is 5.92 Å². The number of rotatable bonds is 1. The second-order valence-electron chi connectivity index (χ2n) is 5.51. The number of nitrogens with one attached hydrogen (secondary N) is 1. The molecule has 0 aromatic carbocycles. The lowest BCUT2D eigenvalue weighted by Gasteiger charge is -2.46. The van der Waals surface area contributed by atoms with Crippen LogP contribution in [0.4, 0.5) is 13.2 Å². The van der Waals surface area contributed by atoms with Gasteiger partial charge in [-0.05, 0) is 19.8 Å². The van der Waals surface area contributed by atoms with Crippen molar-refractivity contribution in [1.82, 2.24) is 10.2 Å². The third-order valence-corrected chi connectivity index (χ3v) is 3.03. The van der Waals surface area contributed by atoms with Crippen molar-refractivity contribution < 1.29 is 18.0 Å². The van der Waals surface area contributed by atoms with E-state index < -0.39 is 23.7 Å². The lowest BCUT2D eigenvalue weighted by Crippen LogP contribution is -2.65. The fourth-order valence-corrected chi connectivity index (χ4v) is 2.07. The van der Waals surface area contributed by atoms with E-state index in [4.69, 9.17) is 0 Å². The van der Waals surface area contributed by atoms with E-state index in [0.29, 0.717) is 6.54 Å². The normalized spacial score (nSPS) is 25.2. The largest absolute Gasteiger partial charge is 0.471 e. The van der Waals surface area contributed by atoms with Crippen molar-refractivity contribution in [2.45, 2.75) is 45.5 Å². The molecule has 1 rings (SSSR count). The van der Waals surface area contributed by atoms with Gasteiger partial charge in [0.05, 0.1) is 0 Å². The first kappa shape index (κ1) is 14.3. The summed E-state index contributed by atoms with van der Waals surface area (Å²) in [5, 5.41) is 3.16. The summed E-state index contributed by atoms with van der Waals surface area (Å²) in [5.41, 5.74) is -0.480. The lowest BCUT2D eigenvalue weighted by molar-refractivity contribution is -0.191. The first-order chi connectivity index (χ1) is 7.54. The Balaban J connectivity index is 2.93. The fourth-order valence-electron chi connectivity index (χ4n) is 2.07. The summed E-state index contributed by atoms with van der Waals surface area (Å²) in [6.45, 7) is 7.70. The monoisotopic (exact) mass is 252 g/mol. The van der Waals surface area contributed by atoms with E-state index in [0.717, 1.165) is 4.90 Å². The molecule has 0 radical (unpaired) electrons. The molecule has 0 spiro atoms. The maximum atomic E-state index is 12.5. The van der Waals surface area contributed by atoms with E-state index in [-0.39, 0.29) is 12.5 Å². The highest BCUT2D eigenvalue weighted by Crippen LogP contribution is 2.26. The van der Waals surface area contributed by atoms with Crippen LogP contribution in [0, 0.1) is 5.92 Å². The van der Waals surface area contributed by atoms with Crippen LogP contribution in [0.5, 0.6) is 0 Å². The third kappa shape index (κ3) is 3.34. The molecule has 0 saturated carbocycles. The molecule has 100 valence electrons. The van der Waals surface area contributed by atoms with Crippen LogP contribution < -0.4 is 5.32 Å². The number of alkyl halides is 3. The maximum absolute atomic E-state index is 12.5. The molecule has 3 nitrogen and oxygen atoms in total. The molecule has 6 heteroatoms. The van der Waals surface area contributed by atoms with Crippen LogP contribution in [0.3, 0.4) is 0 Å². The van der Waals surface area contributed by atoms with Crippen LogP contribution in [-0.2, 0) is 4.79 Å². The number of nitrogens with zero attached hydrogens (tertiary/aromatic N) is 1. The lowest BCUT2D eigenvalue weighted by atomic mass is 9.93. The molecule has 0 aromatic heterocycles. The zero-order valence-corrected chi connectivity index (χ0v) is 10.6. The Morgan fingerprint density at radius 2 is 1.94 bits per heavy atom. The highest BCUT2D eigenvalue weighted by molar-refractivity contribution is 5.82. The standard InChI is InChI=1S/C11H19F3N2O/c1-7(2)8-5-15-10(3,4)6-16(8)9(17)11(12,13)14/h7-8,15H,5-6H2,1-4H3. The van der Waals surface area contributed by atoms with Crippen molar-refractivity contribution in [3.05, 3.63) is 0 Å². The topological polar surface area (TPSA) is 32.3 Å². The average molecular weight is 252 g/mol. The number of amides is 1. The Kier molecular flexibility index (Phi) is 3.76. The molecule has 0 aromatic rings. The minimum absolute atomic E-state index is 0.00935. The minimum Gasteiger partial charge on any atom is -0.329 e. The van der Waals surface area contributed by atoms with E-state index in [1.54, 1.807) is 13.8 Å². The van der Waals surface area contributed by atoms with Gasteiger partial charge < -0.3 is 10.2 Å². The van der Waals surface area contributed by atoms with Gasteiger partial charge in [-0.2, -0.15) is 13.2 Å². The first-order valence-corrected chi connectivity index (χ1v) is 5.67. The van der Waals surface area contributed by atoms with Crippen molar-refractivity contribution in [3.63, 3.8) is 0 Å². The molecule has 1 aliphatic heterocycles. The van der Waals surface area contributed by atoms with E-state index >= 15 is 0 Å². The summed E-state index contributed by atoms with van der Waals surface area (Å²) in [6.07, 6.45) is -4.79. The fraction of sp³-hybridized carbons (Fsp3) is 0.909. The summed E-state index contributed by atoms with van der Waals surface area (Å²) < 4.78 is 37.5. The number of carbonyl (C=O) groups excluding carboxylic acids is 1. The van der Waals surface area contributed by atoms with Crippen molar-refractivity contribution in [3.8, 4) is 0 Å². The van der Waals surface area contributed by atoms with Gasteiger partial charge in [-0.25, -0.2) is 0 Å². The quantitative estimate of drug-likeness (QED) is 0.771. The van der Waals surface area contributed by atoms with Gasteiger partial charge in [0.2, 0.25) is 0 Å². The van der Waals surface area contributed by atoms with E-state index in [9.17, 15) is 18.0 Å². The Morgan fingerprint density at radius 3 is 2.35 bits per heavy atom. The molecule has 1 fully saturated rings. The Bertz CT molecular complexity index is 300. The second-order valence-corrected chi connectivity index (χ2v) is 5.51. The molecule has 1 aliphatic rings. The Hall–Kier alpha value is -0.780. The Morgan fingerprint density at radius 1 is 1.41 bits per heavy atom. The molecular formula is C11H19F3N2O. The number of halogens is 3. The van der Waals surface area contributed by atoms with Crippen molar-refractivity contribution in [1.29, 1.82) is 0 Å². The summed E-state index contributed by atoms with van der Waals surface area (Å²) in [7, 11) is 0. The second kappa shape index (κ2) is 4.48. The van der Waals surface area contributed by atoms with E-state index in [1.807, 2.05) is 13.8 Å². The number of piperazine rings is 1. The predicted octanol–water partition coefficient (Wildman–Crippen LogP) is 1.78. The highest BCUT2D eigenvalue weighted by atomic mass is 19.4. The van der Waals surface area contributed by atoms with Gasteiger partial charge in [-0.3, -0.25) is 4.79 Å². The van der Waals surface area contributed by atoms with E-state index in [1.165, 1.54) is 0 Å². The van der Waals surface area contributed by atoms with Gasteiger partial charge in [0, 0.05) is 24.7 Å². The zero-order valence-electron chi connectivity index (χ0n) is 10.6. The molecule has 17 heavy (non-hydrogen) atoms. The molecule has 0 aliphatic carbocycles. The van der Waals surface area contributed by atoms with Gasteiger partial charge >= 0.3 is 12.1 Å². The average Bonchev–Trinajstić information content (AvgIpc) is 2.13. The number of hydrogen-bond acceptors (Lipinski definition) is 2. The first-order valence-electron chi connectivity index (χ1n) is 5.67. The van der Waals surface area contributed by atoms with Crippen LogP contribution in [0.25, 0.3) is 0 Å². The van der Waals surface area contributed by atoms with Crippen LogP contribution in [0.15, 0.2) is 0 Å². The van der Waals surface area contributed by atoms with Gasteiger partial charge in [-0.1, -0.05) is 13.8 Å². The van der Waals surface area contributed by atoms with Gasteiger partial charge in [0.15, 0.2) is 0 Å². The summed E-state index contributed by atoms with van der Waals surface area (Å²) in [4.78, 5) is 12.4. The maximum Gasteiger partial charge on any atom is 0.471 e. The van der Waals surface area contributed by atoms with Crippen LogP contribution in [0.1, 0.15) is 27.7 Å². The zero-order chi connectivity index (χ0) is 13.4. The smallest absolute Gasteiger partial charge is 0.329 e. The van der Waals surface area contributed by atoms with Crippen LogP contribution in [-0.4, -0.2) is 41.7 Å².